The Balaban J connectivity index is 1.93. The first-order valence-corrected chi connectivity index (χ1v) is 10.4. The number of benzene rings is 2. The lowest BCUT2D eigenvalue weighted by atomic mass is 9.77. The fraction of sp³-hybridized carbons (Fsp3) is 0.364. The van der Waals surface area contributed by atoms with Crippen molar-refractivity contribution in [1.29, 1.82) is 0 Å². The van der Waals surface area contributed by atoms with Crippen LogP contribution in [0.25, 0.3) is 0 Å². The van der Waals surface area contributed by atoms with Gasteiger partial charge in [0.05, 0.1) is 10.0 Å². The SMILES string of the molecule is O=C(C[C@H](c1ccc(Cl)c(Cl)c1)[C@@H]1CCCCCC1=O)c1ccc(Cl)cc1. The third-order valence-electron chi connectivity index (χ3n) is 5.28. The highest BCUT2D eigenvalue weighted by atomic mass is 35.5. The van der Waals surface area contributed by atoms with Crippen molar-refractivity contribution in [2.24, 2.45) is 5.92 Å². The van der Waals surface area contributed by atoms with Gasteiger partial charge >= 0.3 is 0 Å². The van der Waals surface area contributed by atoms with E-state index in [0.717, 1.165) is 31.2 Å². The van der Waals surface area contributed by atoms with Gasteiger partial charge in [-0.1, -0.05) is 53.7 Å². The maximum atomic E-state index is 12.9. The quantitative estimate of drug-likeness (QED) is 0.378. The molecule has 2 atom stereocenters. The molecule has 0 bridgehead atoms. The van der Waals surface area contributed by atoms with Crippen molar-refractivity contribution in [2.45, 2.75) is 44.4 Å². The van der Waals surface area contributed by atoms with E-state index in [1.54, 1.807) is 36.4 Å². The first-order chi connectivity index (χ1) is 13.0. The molecule has 0 spiro atoms. The minimum absolute atomic E-state index is 0.000198. The predicted molar refractivity (Wildman–Crippen MR) is 111 cm³/mol. The number of halogens is 3. The average molecular weight is 424 g/mol. The Labute approximate surface area is 174 Å². The van der Waals surface area contributed by atoms with Gasteiger partial charge in [-0.2, -0.15) is 0 Å². The summed E-state index contributed by atoms with van der Waals surface area (Å²) < 4.78 is 0. The van der Waals surface area contributed by atoms with E-state index >= 15 is 0 Å². The zero-order chi connectivity index (χ0) is 19.4. The third-order valence-corrected chi connectivity index (χ3v) is 6.27. The second-order valence-electron chi connectivity index (χ2n) is 7.09. The van der Waals surface area contributed by atoms with E-state index in [-0.39, 0.29) is 29.8 Å². The zero-order valence-electron chi connectivity index (χ0n) is 14.9. The molecule has 2 aromatic carbocycles. The lowest BCUT2D eigenvalue weighted by molar-refractivity contribution is -0.123. The number of Topliss-reactive ketones (excluding diaryl/α,β-unsaturated/α-hetero) is 2. The number of ketones is 2. The van der Waals surface area contributed by atoms with Gasteiger partial charge in [0.2, 0.25) is 0 Å². The van der Waals surface area contributed by atoms with Crippen molar-refractivity contribution in [3.63, 3.8) is 0 Å². The molecule has 0 saturated heterocycles. The first kappa shape index (κ1) is 20.4. The van der Waals surface area contributed by atoms with Gasteiger partial charge in [-0.3, -0.25) is 9.59 Å². The van der Waals surface area contributed by atoms with Crippen LogP contribution in [0.1, 0.15) is 60.4 Å². The Kier molecular flexibility index (Phi) is 6.97. The van der Waals surface area contributed by atoms with Crippen LogP contribution < -0.4 is 0 Å². The van der Waals surface area contributed by atoms with Gasteiger partial charge < -0.3 is 0 Å². The van der Waals surface area contributed by atoms with Crippen molar-refractivity contribution in [1.82, 2.24) is 0 Å². The van der Waals surface area contributed by atoms with Crippen LogP contribution in [0.15, 0.2) is 42.5 Å². The molecule has 27 heavy (non-hydrogen) atoms. The van der Waals surface area contributed by atoms with Crippen molar-refractivity contribution < 1.29 is 9.59 Å². The largest absolute Gasteiger partial charge is 0.299 e. The maximum Gasteiger partial charge on any atom is 0.163 e. The summed E-state index contributed by atoms with van der Waals surface area (Å²) >= 11 is 18.2. The highest BCUT2D eigenvalue weighted by Crippen LogP contribution is 2.38. The lowest BCUT2D eigenvalue weighted by Crippen LogP contribution is -2.24. The van der Waals surface area contributed by atoms with Gasteiger partial charge in [0.25, 0.3) is 0 Å². The van der Waals surface area contributed by atoms with Crippen molar-refractivity contribution in [3.05, 3.63) is 68.7 Å². The summed E-state index contributed by atoms with van der Waals surface area (Å²) in [4.78, 5) is 25.7. The van der Waals surface area contributed by atoms with Crippen LogP contribution in [0.2, 0.25) is 15.1 Å². The highest BCUT2D eigenvalue weighted by molar-refractivity contribution is 6.42. The van der Waals surface area contributed by atoms with Gasteiger partial charge in [-0.05, 0) is 54.8 Å². The summed E-state index contributed by atoms with van der Waals surface area (Å²) in [5, 5.41) is 1.50. The van der Waals surface area contributed by atoms with E-state index in [4.69, 9.17) is 34.8 Å². The Morgan fingerprint density at radius 2 is 1.70 bits per heavy atom. The molecule has 1 saturated carbocycles. The molecule has 1 aliphatic carbocycles. The number of carbonyl (C=O) groups is 2. The predicted octanol–water partition coefficient (Wildman–Crippen LogP) is 7.15. The minimum atomic E-state index is -0.200. The summed E-state index contributed by atoms with van der Waals surface area (Å²) in [6.45, 7) is 0. The van der Waals surface area contributed by atoms with E-state index in [9.17, 15) is 9.59 Å². The molecule has 0 radical (unpaired) electrons. The Morgan fingerprint density at radius 3 is 2.41 bits per heavy atom. The van der Waals surface area contributed by atoms with Crippen LogP contribution >= 0.6 is 34.8 Å². The molecule has 142 valence electrons. The number of hydrogen-bond donors (Lipinski definition) is 0. The zero-order valence-corrected chi connectivity index (χ0v) is 17.2. The minimum Gasteiger partial charge on any atom is -0.299 e. The van der Waals surface area contributed by atoms with Crippen LogP contribution in [-0.4, -0.2) is 11.6 Å². The molecular weight excluding hydrogens is 403 g/mol. The molecular formula is C22H21Cl3O2. The summed E-state index contributed by atoms with van der Waals surface area (Å²) in [5.74, 6) is -0.123. The smallest absolute Gasteiger partial charge is 0.163 e. The summed E-state index contributed by atoms with van der Waals surface area (Å²) in [7, 11) is 0. The Morgan fingerprint density at radius 1 is 0.963 bits per heavy atom. The molecule has 0 N–H and O–H groups in total. The second kappa shape index (κ2) is 9.23. The molecule has 5 heteroatoms. The third kappa shape index (κ3) is 5.13. The number of hydrogen-bond acceptors (Lipinski definition) is 2. The molecule has 3 rings (SSSR count). The average Bonchev–Trinajstić information content (AvgIpc) is 2.87. The van der Waals surface area contributed by atoms with Crippen molar-refractivity contribution in [2.75, 3.05) is 0 Å². The summed E-state index contributed by atoms with van der Waals surface area (Å²) in [6.07, 6.45) is 4.63. The standard InChI is InChI=1S/C22H21Cl3O2/c23-16-9-6-14(7-10-16)22(27)13-18(15-8-11-19(24)20(25)12-15)17-4-2-1-3-5-21(17)26/h6-12,17-18H,1-5,13H2/t17-,18+/m0/s1. The van der Waals surface area contributed by atoms with Gasteiger partial charge in [-0.15, -0.1) is 0 Å². The van der Waals surface area contributed by atoms with Gasteiger partial charge in [0, 0.05) is 35.3 Å². The van der Waals surface area contributed by atoms with Crippen LogP contribution in [0, 0.1) is 5.92 Å². The highest BCUT2D eigenvalue weighted by Gasteiger charge is 2.32. The van der Waals surface area contributed by atoms with E-state index in [2.05, 4.69) is 0 Å². The van der Waals surface area contributed by atoms with E-state index in [1.807, 2.05) is 6.07 Å². The molecule has 0 amide bonds. The Bertz CT molecular complexity index is 830. The van der Waals surface area contributed by atoms with Crippen LogP contribution in [0.3, 0.4) is 0 Å². The molecule has 1 aliphatic rings. The Hall–Kier alpha value is -1.35. The van der Waals surface area contributed by atoms with Crippen molar-refractivity contribution in [3.8, 4) is 0 Å². The molecule has 2 nitrogen and oxygen atoms in total. The van der Waals surface area contributed by atoms with Crippen LogP contribution in [0.5, 0.6) is 0 Å². The molecule has 0 unspecified atom stereocenters. The number of rotatable bonds is 5. The van der Waals surface area contributed by atoms with Gasteiger partial charge in [-0.25, -0.2) is 0 Å². The fourth-order valence-corrected chi connectivity index (χ4v) is 4.23. The summed E-state index contributed by atoms with van der Waals surface area (Å²) in [6, 6.07) is 12.3. The van der Waals surface area contributed by atoms with Crippen LogP contribution in [0.4, 0.5) is 0 Å². The monoisotopic (exact) mass is 422 g/mol. The molecule has 2 aromatic rings. The first-order valence-electron chi connectivity index (χ1n) is 9.22. The lowest BCUT2D eigenvalue weighted by Gasteiger charge is -2.25. The van der Waals surface area contributed by atoms with E-state index in [0.29, 0.717) is 27.1 Å². The van der Waals surface area contributed by atoms with Gasteiger partial charge in [0.1, 0.15) is 5.78 Å². The van der Waals surface area contributed by atoms with Gasteiger partial charge in [0.15, 0.2) is 5.78 Å². The van der Waals surface area contributed by atoms with Crippen molar-refractivity contribution >= 4 is 46.4 Å². The summed E-state index contributed by atoms with van der Waals surface area (Å²) in [5.41, 5.74) is 1.50. The van der Waals surface area contributed by atoms with Crippen LogP contribution in [-0.2, 0) is 4.79 Å². The number of carbonyl (C=O) groups excluding carboxylic acids is 2. The normalized spacial score (nSPS) is 18.8. The fourth-order valence-electron chi connectivity index (χ4n) is 3.80. The molecule has 0 heterocycles. The van der Waals surface area contributed by atoms with E-state index in [1.165, 1.54) is 0 Å². The molecule has 0 aromatic heterocycles. The maximum absolute atomic E-state index is 12.9. The van der Waals surface area contributed by atoms with E-state index < -0.39 is 0 Å². The molecule has 0 aliphatic heterocycles. The second-order valence-corrected chi connectivity index (χ2v) is 8.34. The molecule has 1 fully saturated rings. The topological polar surface area (TPSA) is 34.1 Å².